The largest absolute Gasteiger partial charge is 0.228 e. The number of benzene rings is 2. The van der Waals surface area contributed by atoms with Gasteiger partial charge in [-0.05, 0) is 73.7 Å². The maximum absolute atomic E-state index is 13.4. The number of pyridine rings is 1. The van der Waals surface area contributed by atoms with Crippen LogP contribution in [0.2, 0.25) is 0 Å². The van der Waals surface area contributed by atoms with Crippen molar-refractivity contribution >= 4 is 11.0 Å². The van der Waals surface area contributed by atoms with E-state index in [1.165, 1.54) is 28.6 Å². The fourth-order valence-electron chi connectivity index (χ4n) is 4.02. The van der Waals surface area contributed by atoms with E-state index in [-0.39, 0.29) is 5.82 Å². The molecular weight excluding hydrogens is 325 g/mol. The van der Waals surface area contributed by atoms with E-state index in [2.05, 4.69) is 6.92 Å². The third-order valence-corrected chi connectivity index (χ3v) is 5.18. The Balaban J connectivity index is 1.83. The number of halogens is 1. The van der Waals surface area contributed by atoms with Crippen molar-refractivity contribution in [3.63, 3.8) is 0 Å². The lowest BCUT2D eigenvalue weighted by atomic mass is 10.00. The second kappa shape index (κ2) is 5.77. The van der Waals surface area contributed by atoms with Crippen LogP contribution in [0.3, 0.4) is 0 Å². The van der Waals surface area contributed by atoms with Gasteiger partial charge in [0.05, 0.1) is 17.1 Å². The Hall–Kier alpha value is -3.01. The number of aryl methyl sites for hydroxylation is 2. The van der Waals surface area contributed by atoms with Gasteiger partial charge < -0.3 is 0 Å². The lowest BCUT2D eigenvalue weighted by molar-refractivity contribution is 0.628. The first-order valence-corrected chi connectivity index (χ1v) is 8.95. The smallest absolute Gasteiger partial charge is 0.164 e. The van der Waals surface area contributed by atoms with Gasteiger partial charge in [-0.2, -0.15) is 5.10 Å². The van der Waals surface area contributed by atoms with Crippen LogP contribution in [0.25, 0.3) is 28.0 Å². The maximum atomic E-state index is 13.4. The first-order chi connectivity index (χ1) is 12.7. The van der Waals surface area contributed by atoms with Gasteiger partial charge in [-0.1, -0.05) is 18.2 Å². The molecule has 0 N–H and O–H groups in total. The molecule has 4 heteroatoms. The minimum Gasteiger partial charge on any atom is -0.228 e. The summed E-state index contributed by atoms with van der Waals surface area (Å²) in [6.07, 6.45) is 3.19. The summed E-state index contributed by atoms with van der Waals surface area (Å²) in [7, 11) is 0. The standard InChI is InChI=1S/C22H18FN3/c1-14-20-18-8-5-9-19(18)21(15-10-12-16(23)13-11-15)24-22(20)26(25-14)17-6-3-2-4-7-17/h2-4,6-7,10-13H,5,8-9H2,1H3. The van der Waals surface area contributed by atoms with Crippen molar-refractivity contribution in [1.82, 2.24) is 14.8 Å². The highest BCUT2D eigenvalue weighted by molar-refractivity contribution is 5.89. The van der Waals surface area contributed by atoms with Crippen LogP contribution < -0.4 is 0 Å². The highest BCUT2D eigenvalue weighted by atomic mass is 19.1. The van der Waals surface area contributed by atoms with E-state index in [1.807, 2.05) is 47.1 Å². The topological polar surface area (TPSA) is 30.7 Å². The van der Waals surface area contributed by atoms with E-state index in [0.29, 0.717) is 0 Å². The molecule has 0 amide bonds. The number of hydrogen-bond acceptors (Lipinski definition) is 2. The molecule has 0 saturated carbocycles. The maximum Gasteiger partial charge on any atom is 0.164 e. The van der Waals surface area contributed by atoms with Crippen LogP contribution in [0.4, 0.5) is 4.39 Å². The van der Waals surface area contributed by atoms with Crippen LogP contribution in [0.5, 0.6) is 0 Å². The zero-order valence-electron chi connectivity index (χ0n) is 14.5. The fourth-order valence-corrected chi connectivity index (χ4v) is 4.02. The van der Waals surface area contributed by atoms with Gasteiger partial charge in [0.25, 0.3) is 0 Å². The minimum absolute atomic E-state index is 0.225. The molecule has 0 bridgehead atoms. The predicted molar refractivity (Wildman–Crippen MR) is 101 cm³/mol. The van der Waals surface area contributed by atoms with Crippen LogP contribution in [0.15, 0.2) is 54.6 Å². The second-order valence-corrected chi connectivity index (χ2v) is 6.81. The van der Waals surface area contributed by atoms with Gasteiger partial charge in [0.1, 0.15) is 5.82 Å². The normalized spacial score (nSPS) is 13.3. The Morgan fingerprint density at radius 3 is 2.42 bits per heavy atom. The Bertz CT molecular complexity index is 1110. The Kier molecular flexibility index (Phi) is 3.38. The molecule has 2 aromatic carbocycles. The van der Waals surface area contributed by atoms with Crippen LogP contribution in [0.1, 0.15) is 23.2 Å². The molecule has 0 atom stereocenters. The van der Waals surface area contributed by atoms with Crippen molar-refractivity contribution in [1.29, 1.82) is 0 Å². The van der Waals surface area contributed by atoms with Crippen molar-refractivity contribution in [2.75, 3.05) is 0 Å². The van der Waals surface area contributed by atoms with Crippen molar-refractivity contribution in [2.24, 2.45) is 0 Å². The summed E-state index contributed by atoms with van der Waals surface area (Å²) in [5.74, 6) is -0.225. The van der Waals surface area contributed by atoms with E-state index in [1.54, 1.807) is 0 Å². The molecule has 1 aliphatic carbocycles. The molecule has 0 spiro atoms. The fraction of sp³-hybridized carbons (Fsp3) is 0.182. The third kappa shape index (κ3) is 2.25. The summed E-state index contributed by atoms with van der Waals surface area (Å²) in [5, 5.41) is 5.95. The van der Waals surface area contributed by atoms with Crippen LogP contribution in [-0.4, -0.2) is 14.8 Å². The summed E-state index contributed by atoms with van der Waals surface area (Å²) in [6.45, 7) is 2.06. The average Bonchev–Trinajstić information content (AvgIpc) is 3.27. The highest BCUT2D eigenvalue weighted by Gasteiger charge is 2.24. The van der Waals surface area contributed by atoms with E-state index in [9.17, 15) is 4.39 Å². The van der Waals surface area contributed by atoms with Crippen molar-refractivity contribution in [3.05, 3.63) is 77.2 Å². The summed E-state index contributed by atoms with van der Waals surface area (Å²) in [5.41, 5.74) is 7.47. The average molecular weight is 343 g/mol. The first-order valence-electron chi connectivity index (χ1n) is 8.95. The molecule has 128 valence electrons. The van der Waals surface area contributed by atoms with E-state index in [0.717, 1.165) is 47.5 Å². The number of fused-ring (bicyclic) bond motifs is 3. The van der Waals surface area contributed by atoms with E-state index < -0.39 is 0 Å². The number of aromatic nitrogens is 3. The molecule has 26 heavy (non-hydrogen) atoms. The Morgan fingerprint density at radius 1 is 0.923 bits per heavy atom. The summed E-state index contributed by atoms with van der Waals surface area (Å²) < 4.78 is 15.3. The molecule has 3 nitrogen and oxygen atoms in total. The molecule has 0 saturated heterocycles. The van der Waals surface area contributed by atoms with Gasteiger partial charge >= 0.3 is 0 Å². The summed E-state index contributed by atoms with van der Waals surface area (Å²) in [4.78, 5) is 5.02. The minimum atomic E-state index is -0.225. The summed E-state index contributed by atoms with van der Waals surface area (Å²) in [6, 6.07) is 16.7. The molecule has 2 aromatic heterocycles. The molecule has 0 radical (unpaired) electrons. The highest BCUT2D eigenvalue weighted by Crippen LogP contribution is 2.37. The second-order valence-electron chi connectivity index (χ2n) is 6.81. The zero-order chi connectivity index (χ0) is 17.7. The van der Waals surface area contributed by atoms with Gasteiger partial charge in [0.15, 0.2) is 5.65 Å². The monoisotopic (exact) mass is 343 g/mol. The zero-order valence-corrected chi connectivity index (χ0v) is 14.5. The van der Waals surface area contributed by atoms with Gasteiger partial charge in [-0.15, -0.1) is 0 Å². The molecule has 0 aliphatic heterocycles. The third-order valence-electron chi connectivity index (χ3n) is 5.18. The number of para-hydroxylation sites is 1. The van der Waals surface area contributed by atoms with Crippen molar-refractivity contribution in [3.8, 4) is 16.9 Å². The molecule has 1 aliphatic rings. The van der Waals surface area contributed by atoms with Gasteiger partial charge in [-0.3, -0.25) is 0 Å². The van der Waals surface area contributed by atoms with Crippen LogP contribution in [0, 0.1) is 12.7 Å². The molecule has 2 heterocycles. The van der Waals surface area contributed by atoms with Crippen LogP contribution in [-0.2, 0) is 12.8 Å². The Labute approximate surface area is 151 Å². The van der Waals surface area contributed by atoms with Crippen molar-refractivity contribution in [2.45, 2.75) is 26.2 Å². The Morgan fingerprint density at radius 2 is 1.65 bits per heavy atom. The first kappa shape index (κ1) is 15.3. The molecule has 4 aromatic rings. The molecular formula is C22H18FN3. The lowest BCUT2D eigenvalue weighted by Crippen LogP contribution is -2.00. The van der Waals surface area contributed by atoms with E-state index in [4.69, 9.17) is 10.1 Å². The van der Waals surface area contributed by atoms with Crippen LogP contribution >= 0.6 is 0 Å². The van der Waals surface area contributed by atoms with Gasteiger partial charge in [0.2, 0.25) is 0 Å². The van der Waals surface area contributed by atoms with Crippen molar-refractivity contribution < 1.29 is 4.39 Å². The lowest BCUT2D eigenvalue weighted by Gasteiger charge is -2.11. The van der Waals surface area contributed by atoms with Gasteiger partial charge in [-0.25, -0.2) is 14.1 Å². The van der Waals surface area contributed by atoms with E-state index >= 15 is 0 Å². The summed E-state index contributed by atoms with van der Waals surface area (Å²) >= 11 is 0. The predicted octanol–water partition coefficient (Wildman–Crippen LogP) is 5.02. The molecule has 5 rings (SSSR count). The quantitative estimate of drug-likeness (QED) is 0.511. The SMILES string of the molecule is Cc1nn(-c2ccccc2)c2nc(-c3ccc(F)cc3)c3c(c12)CCC3. The number of rotatable bonds is 2. The number of hydrogen-bond donors (Lipinski definition) is 0. The van der Waals surface area contributed by atoms with Gasteiger partial charge in [0, 0.05) is 10.9 Å². The molecule has 0 fully saturated rings. The molecule has 0 unspecified atom stereocenters. The number of nitrogens with zero attached hydrogens (tertiary/aromatic N) is 3.